The van der Waals surface area contributed by atoms with Gasteiger partial charge in [0.15, 0.2) is 0 Å². The lowest BCUT2D eigenvalue weighted by Gasteiger charge is -2.28. The Balaban J connectivity index is 1.69. The van der Waals surface area contributed by atoms with Crippen molar-refractivity contribution in [2.75, 3.05) is 13.2 Å². The summed E-state index contributed by atoms with van der Waals surface area (Å²) in [5.41, 5.74) is 4.68. The van der Waals surface area contributed by atoms with Gasteiger partial charge in [0.2, 0.25) is 0 Å². The minimum Gasteiger partial charge on any atom is -0.450 e. The Kier molecular flexibility index (Phi) is 5.51. The molecule has 26 heavy (non-hydrogen) atoms. The van der Waals surface area contributed by atoms with Gasteiger partial charge in [0.1, 0.15) is 0 Å². The fraction of sp³-hybridized carbons (Fsp3) is 0.350. The van der Waals surface area contributed by atoms with Crippen LogP contribution in [-0.2, 0) is 24.2 Å². The first kappa shape index (κ1) is 17.9. The highest BCUT2D eigenvalue weighted by Gasteiger charge is 2.25. The molecule has 0 spiro atoms. The molecule has 6 heteroatoms. The summed E-state index contributed by atoms with van der Waals surface area (Å²) in [4.78, 5) is 30.4. The summed E-state index contributed by atoms with van der Waals surface area (Å²) in [5, 5.41) is 2.95. The van der Waals surface area contributed by atoms with Gasteiger partial charge in [-0.15, -0.1) is 0 Å². The van der Waals surface area contributed by atoms with Gasteiger partial charge in [-0.2, -0.15) is 0 Å². The lowest BCUT2D eigenvalue weighted by molar-refractivity contribution is 0.0947. The number of aryl methyl sites for hydroxylation is 1. The highest BCUT2D eigenvalue weighted by Crippen LogP contribution is 2.22. The van der Waals surface area contributed by atoms with Crippen LogP contribution in [0.5, 0.6) is 0 Å². The van der Waals surface area contributed by atoms with E-state index in [1.807, 2.05) is 31.2 Å². The number of pyridine rings is 1. The van der Waals surface area contributed by atoms with E-state index in [-0.39, 0.29) is 12.0 Å². The van der Waals surface area contributed by atoms with Crippen LogP contribution < -0.4 is 5.32 Å². The minimum atomic E-state index is -0.327. The number of carbonyl (C=O) groups is 2. The number of aromatic nitrogens is 1. The lowest BCUT2D eigenvalue weighted by atomic mass is 9.97. The van der Waals surface area contributed by atoms with E-state index in [9.17, 15) is 9.59 Å². The predicted octanol–water partition coefficient (Wildman–Crippen LogP) is 2.83. The van der Waals surface area contributed by atoms with Crippen LogP contribution in [0, 0.1) is 6.92 Å². The maximum Gasteiger partial charge on any atom is 0.410 e. The number of carbonyl (C=O) groups excluding carboxylic acids is 2. The Morgan fingerprint density at radius 3 is 2.73 bits per heavy atom. The summed E-state index contributed by atoms with van der Waals surface area (Å²) in [7, 11) is 0. The highest BCUT2D eigenvalue weighted by molar-refractivity contribution is 5.95. The quantitative estimate of drug-likeness (QED) is 0.917. The van der Waals surface area contributed by atoms with Crippen molar-refractivity contribution in [2.45, 2.75) is 33.4 Å². The summed E-state index contributed by atoms with van der Waals surface area (Å²) in [6.45, 7) is 5.59. The molecule has 2 aromatic rings. The molecule has 0 aliphatic carbocycles. The van der Waals surface area contributed by atoms with Gasteiger partial charge in [0, 0.05) is 25.5 Å². The minimum absolute atomic E-state index is 0.139. The molecule has 1 aliphatic rings. The molecule has 1 aromatic carbocycles. The zero-order valence-electron chi connectivity index (χ0n) is 15.1. The van der Waals surface area contributed by atoms with Crippen molar-refractivity contribution in [3.8, 4) is 0 Å². The van der Waals surface area contributed by atoms with Gasteiger partial charge >= 0.3 is 6.09 Å². The Morgan fingerprint density at radius 1 is 1.23 bits per heavy atom. The van der Waals surface area contributed by atoms with Crippen molar-refractivity contribution in [3.05, 3.63) is 64.5 Å². The number of rotatable bonds is 4. The van der Waals surface area contributed by atoms with E-state index in [1.165, 1.54) is 5.56 Å². The fourth-order valence-corrected chi connectivity index (χ4v) is 3.04. The third-order valence-electron chi connectivity index (χ3n) is 4.48. The zero-order valence-corrected chi connectivity index (χ0v) is 15.1. The van der Waals surface area contributed by atoms with E-state index in [0.29, 0.717) is 38.2 Å². The molecule has 0 unspecified atom stereocenters. The summed E-state index contributed by atoms with van der Waals surface area (Å²) in [6, 6.07) is 8.06. The van der Waals surface area contributed by atoms with E-state index in [4.69, 9.17) is 4.74 Å². The van der Waals surface area contributed by atoms with Crippen molar-refractivity contribution >= 4 is 12.0 Å². The molecule has 0 bridgehead atoms. The predicted molar refractivity (Wildman–Crippen MR) is 97.7 cm³/mol. The van der Waals surface area contributed by atoms with Crippen molar-refractivity contribution < 1.29 is 14.3 Å². The second-order valence-electron chi connectivity index (χ2n) is 6.36. The SMILES string of the molecule is CCOC(=O)N1CCc2c(cncc2C(=O)NCc2ccc(C)cc2)C1. The number of hydrogen-bond acceptors (Lipinski definition) is 4. The first-order valence-electron chi connectivity index (χ1n) is 8.79. The summed E-state index contributed by atoms with van der Waals surface area (Å²) in [6.07, 6.45) is 3.61. The van der Waals surface area contributed by atoms with Gasteiger partial charge < -0.3 is 15.0 Å². The van der Waals surface area contributed by atoms with E-state index >= 15 is 0 Å². The molecule has 0 saturated carbocycles. The van der Waals surface area contributed by atoms with Crippen LogP contribution in [0.1, 0.15) is 39.5 Å². The third-order valence-corrected chi connectivity index (χ3v) is 4.48. The Hall–Kier alpha value is -2.89. The van der Waals surface area contributed by atoms with Gasteiger partial charge in [0.05, 0.1) is 18.7 Å². The molecule has 0 radical (unpaired) electrons. The molecule has 0 saturated heterocycles. The van der Waals surface area contributed by atoms with Crippen LogP contribution in [0.15, 0.2) is 36.7 Å². The summed E-state index contributed by atoms with van der Waals surface area (Å²) < 4.78 is 5.06. The molecule has 6 nitrogen and oxygen atoms in total. The number of benzene rings is 1. The van der Waals surface area contributed by atoms with Crippen LogP contribution in [-0.4, -0.2) is 35.0 Å². The van der Waals surface area contributed by atoms with E-state index in [0.717, 1.165) is 16.7 Å². The van der Waals surface area contributed by atoms with E-state index < -0.39 is 0 Å². The average molecular weight is 353 g/mol. The molecule has 0 fully saturated rings. The maximum absolute atomic E-state index is 12.6. The van der Waals surface area contributed by atoms with Crippen molar-refractivity contribution in [3.63, 3.8) is 0 Å². The Bertz CT molecular complexity index is 802. The smallest absolute Gasteiger partial charge is 0.410 e. The maximum atomic E-state index is 12.6. The van der Waals surface area contributed by atoms with Crippen molar-refractivity contribution in [1.82, 2.24) is 15.2 Å². The van der Waals surface area contributed by atoms with Crippen molar-refractivity contribution in [2.24, 2.45) is 0 Å². The van der Waals surface area contributed by atoms with E-state index in [1.54, 1.807) is 24.2 Å². The third kappa shape index (κ3) is 4.02. The molecule has 2 heterocycles. The van der Waals surface area contributed by atoms with Gasteiger partial charge in [-0.05, 0) is 37.0 Å². The zero-order chi connectivity index (χ0) is 18.5. The van der Waals surface area contributed by atoms with Gasteiger partial charge in [-0.1, -0.05) is 29.8 Å². The second kappa shape index (κ2) is 7.99. The largest absolute Gasteiger partial charge is 0.450 e. The molecular weight excluding hydrogens is 330 g/mol. The Labute approximate surface area is 153 Å². The molecule has 1 aromatic heterocycles. The van der Waals surface area contributed by atoms with E-state index in [2.05, 4.69) is 10.3 Å². The fourth-order valence-electron chi connectivity index (χ4n) is 3.04. The number of ether oxygens (including phenoxy) is 1. The molecule has 1 N–H and O–H groups in total. The summed E-state index contributed by atoms with van der Waals surface area (Å²) >= 11 is 0. The average Bonchev–Trinajstić information content (AvgIpc) is 2.66. The second-order valence-corrected chi connectivity index (χ2v) is 6.36. The molecule has 0 atom stereocenters. The van der Waals surface area contributed by atoms with Crippen LogP contribution in [0.3, 0.4) is 0 Å². The molecular formula is C20H23N3O3. The normalized spacial score (nSPS) is 13.1. The highest BCUT2D eigenvalue weighted by atomic mass is 16.6. The van der Waals surface area contributed by atoms with Crippen LogP contribution >= 0.6 is 0 Å². The molecule has 136 valence electrons. The number of nitrogens with zero attached hydrogens (tertiary/aromatic N) is 2. The topological polar surface area (TPSA) is 71.5 Å². The first-order valence-corrected chi connectivity index (χ1v) is 8.79. The number of nitrogens with one attached hydrogen (secondary N) is 1. The van der Waals surface area contributed by atoms with Crippen LogP contribution in [0.4, 0.5) is 4.79 Å². The van der Waals surface area contributed by atoms with Crippen LogP contribution in [0.2, 0.25) is 0 Å². The molecule has 1 aliphatic heterocycles. The number of amides is 2. The summed E-state index contributed by atoms with van der Waals surface area (Å²) in [5.74, 6) is -0.139. The monoisotopic (exact) mass is 353 g/mol. The van der Waals surface area contributed by atoms with Crippen LogP contribution in [0.25, 0.3) is 0 Å². The van der Waals surface area contributed by atoms with Gasteiger partial charge in [0.25, 0.3) is 5.91 Å². The standard InChI is InChI=1S/C20H23N3O3/c1-3-26-20(25)23-9-8-17-16(13-23)11-21-12-18(17)19(24)22-10-15-6-4-14(2)5-7-15/h4-7,11-12H,3,8-10,13H2,1-2H3,(H,22,24). The number of hydrogen-bond donors (Lipinski definition) is 1. The first-order chi connectivity index (χ1) is 12.6. The molecule has 3 rings (SSSR count). The van der Waals surface area contributed by atoms with Crippen molar-refractivity contribution in [1.29, 1.82) is 0 Å². The Morgan fingerprint density at radius 2 is 2.00 bits per heavy atom. The van der Waals surface area contributed by atoms with Gasteiger partial charge in [-0.3, -0.25) is 9.78 Å². The number of fused-ring (bicyclic) bond motifs is 1. The van der Waals surface area contributed by atoms with Gasteiger partial charge in [-0.25, -0.2) is 4.79 Å². The lowest BCUT2D eigenvalue weighted by Crippen LogP contribution is -2.37. The molecule has 2 amide bonds.